The third-order valence-corrected chi connectivity index (χ3v) is 5.11. The molecule has 0 aliphatic rings. The quantitative estimate of drug-likeness (QED) is 0.292. The smallest absolute Gasteiger partial charge is 0.312 e. The summed E-state index contributed by atoms with van der Waals surface area (Å²) in [7, 11) is 3.07. The molecule has 0 aliphatic carbocycles. The van der Waals surface area contributed by atoms with Crippen molar-refractivity contribution in [3.05, 3.63) is 60.7 Å². The molecule has 0 N–H and O–H groups in total. The summed E-state index contributed by atoms with van der Waals surface area (Å²) in [6.07, 6.45) is 0.637. The van der Waals surface area contributed by atoms with Crippen LogP contribution in [-0.4, -0.2) is 23.4 Å². The van der Waals surface area contributed by atoms with E-state index in [2.05, 4.69) is 12.1 Å². The predicted octanol–water partition coefficient (Wildman–Crippen LogP) is 3.96. The number of hydrogen-bond acceptors (Lipinski definition) is 6. The first-order valence-electron chi connectivity index (χ1n) is 7.32. The second kappa shape index (κ2) is 10.6. The van der Waals surface area contributed by atoms with E-state index in [0.717, 1.165) is 0 Å². The van der Waals surface area contributed by atoms with Gasteiger partial charge < -0.3 is 9.47 Å². The zero-order valence-electron chi connectivity index (χ0n) is 12.9. The van der Waals surface area contributed by atoms with Gasteiger partial charge in [-0.15, -0.1) is 0 Å². The number of carbonyl (C=O) groups is 2. The van der Waals surface area contributed by atoms with Crippen molar-refractivity contribution in [2.75, 3.05) is 11.5 Å². The van der Waals surface area contributed by atoms with E-state index in [4.69, 9.17) is 9.47 Å². The molecule has 0 bridgehead atoms. The second-order valence-corrected chi connectivity index (χ2v) is 7.28. The topological polar surface area (TPSA) is 52.6 Å². The summed E-state index contributed by atoms with van der Waals surface area (Å²) < 4.78 is 10.3. The molecule has 4 nitrogen and oxygen atoms in total. The Balaban J connectivity index is 1.50. The van der Waals surface area contributed by atoms with E-state index < -0.39 is 0 Å². The van der Waals surface area contributed by atoms with Crippen molar-refractivity contribution in [2.45, 2.75) is 12.8 Å². The van der Waals surface area contributed by atoms with Crippen LogP contribution in [0.1, 0.15) is 12.8 Å². The van der Waals surface area contributed by atoms with Gasteiger partial charge >= 0.3 is 11.9 Å². The molecule has 2 aromatic carbocycles. The number of ether oxygens (including phenoxy) is 2. The number of rotatable bonds is 9. The molecule has 0 atom stereocenters. The van der Waals surface area contributed by atoms with Crippen LogP contribution in [0.4, 0.5) is 0 Å². The number of hydrogen-bond donors (Lipinski definition) is 0. The first-order valence-corrected chi connectivity index (χ1v) is 9.81. The molecule has 0 fully saturated rings. The van der Waals surface area contributed by atoms with Crippen LogP contribution in [0.3, 0.4) is 0 Å². The van der Waals surface area contributed by atoms with Crippen LogP contribution in [0.25, 0.3) is 0 Å². The molecule has 0 radical (unpaired) electrons. The van der Waals surface area contributed by atoms with Crippen molar-refractivity contribution in [3.8, 4) is 11.5 Å². The highest BCUT2D eigenvalue weighted by Gasteiger charge is 2.07. The van der Waals surface area contributed by atoms with Crippen LogP contribution in [0.15, 0.2) is 48.5 Å². The van der Waals surface area contributed by atoms with Gasteiger partial charge in [0.15, 0.2) is 0 Å². The Morgan fingerprint density at radius 1 is 0.833 bits per heavy atom. The van der Waals surface area contributed by atoms with Crippen molar-refractivity contribution in [3.63, 3.8) is 0 Å². The highest BCUT2D eigenvalue weighted by molar-refractivity contribution is 8.76. The van der Waals surface area contributed by atoms with E-state index in [0.29, 0.717) is 35.8 Å². The summed E-state index contributed by atoms with van der Waals surface area (Å²) in [5.74, 6) is 1.74. The molecule has 0 heterocycles. The Kier molecular flexibility index (Phi) is 8.08. The molecular weight excluding hydrogens is 344 g/mol. The Labute approximate surface area is 149 Å². The van der Waals surface area contributed by atoms with Gasteiger partial charge in [0.05, 0.1) is 12.8 Å². The van der Waals surface area contributed by atoms with Gasteiger partial charge in [0.25, 0.3) is 0 Å². The lowest BCUT2D eigenvalue weighted by Gasteiger charge is -2.04. The fraction of sp³-hybridized carbons (Fsp3) is 0.222. The van der Waals surface area contributed by atoms with Crippen molar-refractivity contribution >= 4 is 33.5 Å². The molecule has 0 aliphatic heterocycles. The molecule has 2 aromatic rings. The summed E-state index contributed by atoms with van der Waals surface area (Å²) in [6.45, 7) is 0. The third-order valence-electron chi connectivity index (χ3n) is 2.70. The van der Waals surface area contributed by atoms with E-state index in [9.17, 15) is 9.59 Å². The van der Waals surface area contributed by atoms with Crippen LogP contribution in [0, 0.1) is 12.1 Å². The van der Waals surface area contributed by atoms with E-state index in [-0.39, 0.29) is 11.9 Å². The van der Waals surface area contributed by atoms with Gasteiger partial charge in [-0.3, -0.25) is 9.59 Å². The molecule has 0 saturated carbocycles. The summed E-state index contributed by atoms with van der Waals surface area (Å²) >= 11 is 0. The minimum Gasteiger partial charge on any atom is -0.427 e. The van der Waals surface area contributed by atoms with Crippen LogP contribution >= 0.6 is 21.6 Å². The van der Waals surface area contributed by atoms with Gasteiger partial charge in [0, 0.05) is 17.6 Å². The zero-order valence-corrected chi connectivity index (χ0v) is 14.5. The number of para-hydroxylation sites is 1. The number of benzene rings is 1. The van der Waals surface area contributed by atoms with Crippen molar-refractivity contribution in [2.24, 2.45) is 0 Å². The molecule has 6 heteroatoms. The maximum absolute atomic E-state index is 11.6. The predicted molar refractivity (Wildman–Crippen MR) is 96.0 cm³/mol. The lowest BCUT2D eigenvalue weighted by Crippen LogP contribution is -2.09. The van der Waals surface area contributed by atoms with Gasteiger partial charge in [-0.2, -0.15) is 0 Å². The van der Waals surface area contributed by atoms with Gasteiger partial charge in [-0.1, -0.05) is 51.9 Å². The largest absolute Gasteiger partial charge is 0.427 e. The van der Waals surface area contributed by atoms with Crippen molar-refractivity contribution in [1.82, 2.24) is 0 Å². The lowest BCUT2D eigenvalue weighted by atomic mass is 10.3. The first kappa shape index (κ1) is 18.2. The van der Waals surface area contributed by atoms with Gasteiger partial charge in [0.1, 0.15) is 11.5 Å². The lowest BCUT2D eigenvalue weighted by molar-refractivity contribution is -0.134. The first-order chi connectivity index (χ1) is 11.7. The molecule has 0 aromatic heterocycles. The molecule has 0 amide bonds. The van der Waals surface area contributed by atoms with E-state index in [1.165, 1.54) is 21.6 Å². The Morgan fingerprint density at radius 3 is 2.04 bits per heavy atom. The SMILES string of the molecule is O=C(CCSSCCC(=O)Oc1ccccc1)Oc1cc#ccc1. The number of carbonyl (C=O) groups excluding carboxylic acids is 2. The summed E-state index contributed by atoms with van der Waals surface area (Å²) in [5, 5.41) is 0. The highest BCUT2D eigenvalue weighted by Crippen LogP contribution is 2.23. The average molecular weight is 360 g/mol. The minimum absolute atomic E-state index is 0.258. The molecule has 124 valence electrons. The van der Waals surface area contributed by atoms with Crippen LogP contribution < -0.4 is 9.47 Å². The van der Waals surface area contributed by atoms with Gasteiger partial charge in [0.2, 0.25) is 0 Å². The Bertz CT molecular complexity index is 574. The Hall–Kier alpha value is -2.10. The van der Waals surface area contributed by atoms with E-state index in [1.807, 2.05) is 18.2 Å². The molecule has 0 unspecified atom stereocenters. The van der Waals surface area contributed by atoms with Gasteiger partial charge in [-0.05, 0) is 24.3 Å². The normalized spacial score (nSPS) is 9.83. The van der Waals surface area contributed by atoms with Crippen LogP contribution in [-0.2, 0) is 9.59 Å². The molecular formula is C18H16O4S2. The Morgan fingerprint density at radius 2 is 1.46 bits per heavy atom. The third kappa shape index (κ3) is 7.44. The zero-order chi connectivity index (χ0) is 17.0. The summed E-state index contributed by atoms with van der Waals surface area (Å²) in [4.78, 5) is 23.2. The monoisotopic (exact) mass is 360 g/mol. The van der Waals surface area contributed by atoms with Crippen LogP contribution in [0.5, 0.6) is 11.5 Å². The van der Waals surface area contributed by atoms with Gasteiger partial charge in [-0.25, -0.2) is 0 Å². The molecule has 2 rings (SSSR count). The average Bonchev–Trinajstić information content (AvgIpc) is 2.60. The van der Waals surface area contributed by atoms with E-state index in [1.54, 1.807) is 30.3 Å². The fourth-order valence-electron chi connectivity index (χ4n) is 1.62. The summed E-state index contributed by atoms with van der Waals surface area (Å²) in [5.41, 5.74) is 0. The highest BCUT2D eigenvalue weighted by atomic mass is 33.1. The standard InChI is InChI=1S/C18H16O4S2/c19-17(21-15-7-3-1-4-8-15)11-13-23-24-14-12-18(20)22-16-9-5-2-6-10-16/h1,3-5,7-10H,11-14H2. The fourth-order valence-corrected chi connectivity index (χ4v) is 3.56. The van der Waals surface area contributed by atoms with Crippen molar-refractivity contribution in [1.29, 1.82) is 0 Å². The molecule has 0 saturated heterocycles. The molecule has 0 spiro atoms. The maximum atomic E-state index is 11.6. The maximum Gasteiger partial charge on any atom is 0.312 e. The van der Waals surface area contributed by atoms with E-state index >= 15 is 0 Å². The van der Waals surface area contributed by atoms with Crippen molar-refractivity contribution < 1.29 is 19.1 Å². The number of esters is 2. The minimum atomic E-state index is -0.286. The second-order valence-electron chi connectivity index (χ2n) is 4.57. The van der Waals surface area contributed by atoms with Crippen LogP contribution in [0.2, 0.25) is 0 Å². The molecule has 24 heavy (non-hydrogen) atoms. The summed E-state index contributed by atoms with van der Waals surface area (Å²) in [6, 6.07) is 19.3.